The third kappa shape index (κ3) is 4.93. The lowest BCUT2D eigenvalue weighted by molar-refractivity contribution is -0.133. The largest absolute Gasteiger partial charge is 0.375 e. The average molecular weight is 291 g/mol. The first-order valence-electron chi connectivity index (χ1n) is 7.32. The molecule has 0 spiro atoms. The van der Waals surface area contributed by atoms with E-state index in [2.05, 4.69) is 6.92 Å². The Morgan fingerprint density at radius 3 is 2.47 bits per heavy atom. The van der Waals surface area contributed by atoms with Crippen molar-refractivity contribution >= 4 is 18.3 Å². The van der Waals surface area contributed by atoms with E-state index in [0.717, 1.165) is 51.7 Å². The SMILES string of the molecule is CC1CCC(CCC(=O)N2CCC(CN)CC2)O1.Cl. The number of carbonyl (C=O) groups is 1. The first-order chi connectivity index (χ1) is 8.69. The topological polar surface area (TPSA) is 55.6 Å². The maximum absolute atomic E-state index is 12.1. The van der Waals surface area contributed by atoms with E-state index in [9.17, 15) is 4.79 Å². The van der Waals surface area contributed by atoms with Crippen LogP contribution in [0.4, 0.5) is 0 Å². The number of likely N-dealkylation sites (tertiary alicyclic amines) is 1. The van der Waals surface area contributed by atoms with E-state index in [4.69, 9.17) is 10.5 Å². The van der Waals surface area contributed by atoms with E-state index in [1.807, 2.05) is 4.90 Å². The molecule has 2 heterocycles. The summed E-state index contributed by atoms with van der Waals surface area (Å²) in [5, 5.41) is 0. The van der Waals surface area contributed by atoms with Gasteiger partial charge in [-0.1, -0.05) is 0 Å². The van der Waals surface area contributed by atoms with Crippen LogP contribution in [0.5, 0.6) is 0 Å². The first-order valence-corrected chi connectivity index (χ1v) is 7.32. The van der Waals surface area contributed by atoms with Gasteiger partial charge in [-0.05, 0) is 51.5 Å². The molecule has 2 aliphatic heterocycles. The van der Waals surface area contributed by atoms with Crippen molar-refractivity contribution in [1.29, 1.82) is 0 Å². The van der Waals surface area contributed by atoms with E-state index in [1.165, 1.54) is 0 Å². The summed E-state index contributed by atoms with van der Waals surface area (Å²) in [6.07, 6.45) is 6.61. The summed E-state index contributed by atoms with van der Waals surface area (Å²) in [5.74, 6) is 0.918. The van der Waals surface area contributed by atoms with Crippen molar-refractivity contribution in [3.8, 4) is 0 Å². The highest BCUT2D eigenvalue weighted by Gasteiger charge is 2.25. The van der Waals surface area contributed by atoms with Gasteiger partial charge >= 0.3 is 0 Å². The van der Waals surface area contributed by atoms with Crippen molar-refractivity contribution in [2.24, 2.45) is 11.7 Å². The first kappa shape index (κ1) is 16.7. The molecule has 19 heavy (non-hydrogen) atoms. The minimum absolute atomic E-state index is 0. The van der Waals surface area contributed by atoms with Gasteiger partial charge in [0.25, 0.3) is 0 Å². The molecule has 1 amide bonds. The van der Waals surface area contributed by atoms with Crippen molar-refractivity contribution in [1.82, 2.24) is 4.90 Å². The van der Waals surface area contributed by atoms with Gasteiger partial charge in [0, 0.05) is 19.5 Å². The zero-order valence-electron chi connectivity index (χ0n) is 11.8. The van der Waals surface area contributed by atoms with Crippen molar-refractivity contribution in [3.63, 3.8) is 0 Å². The predicted octanol–water partition coefficient (Wildman–Crippen LogP) is 1.95. The van der Waals surface area contributed by atoms with Crippen molar-refractivity contribution in [3.05, 3.63) is 0 Å². The summed E-state index contributed by atoms with van der Waals surface area (Å²) in [5.41, 5.74) is 5.66. The molecule has 2 aliphatic rings. The van der Waals surface area contributed by atoms with Crippen LogP contribution in [-0.2, 0) is 9.53 Å². The lowest BCUT2D eigenvalue weighted by Gasteiger charge is -2.31. The molecule has 0 aromatic heterocycles. The van der Waals surface area contributed by atoms with Crippen LogP contribution in [0.15, 0.2) is 0 Å². The number of halogens is 1. The zero-order chi connectivity index (χ0) is 13.0. The molecule has 2 unspecified atom stereocenters. The normalized spacial score (nSPS) is 28.2. The number of hydrogen-bond acceptors (Lipinski definition) is 3. The molecule has 4 nitrogen and oxygen atoms in total. The van der Waals surface area contributed by atoms with Crippen LogP contribution >= 0.6 is 12.4 Å². The van der Waals surface area contributed by atoms with E-state index in [-0.39, 0.29) is 12.4 Å². The van der Waals surface area contributed by atoms with Crippen molar-refractivity contribution < 1.29 is 9.53 Å². The van der Waals surface area contributed by atoms with Gasteiger partial charge in [-0.3, -0.25) is 4.79 Å². The molecule has 0 bridgehead atoms. The number of carbonyl (C=O) groups excluding carboxylic acids is 1. The fourth-order valence-electron chi connectivity index (χ4n) is 2.96. The van der Waals surface area contributed by atoms with Gasteiger partial charge in [0.2, 0.25) is 5.91 Å². The maximum atomic E-state index is 12.1. The summed E-state index contributed by atoms with van der Waals surface area (Å²) < 4.78 is 5.75. The van der Waals surface area contributed by atoms with Gasteiger partial charge in [0.1, 0.15) is 0 Å². The van der Waals surface area contributed by atoms with Gasteiger partial charge in [-0.25, -0.2) is 0 Å². The van der Waals surface area contributed by atoms with E-state index in [1.54, 1.807) is 0 Å². The van der Waals surface area contributed by atoms with E-state index >= 15 is 0 Å². The van der Waals surface area contributed by atoms with Crippen molar-refractivity contribution in [2.75, 3.05) is 19.6 Å². The number of hydrogen-bond donors (Lipinski definition) is 1. The Balaban J connectivity index is 0.00000180. The Labute approximate surface area is 122 Å². The van der Waals surface area contributed by atoms with Gasteiger partial charge in [-0.2, -0.15) is 0 Å². The Kier molecular flexibility index (Phi) is 7.11. The molecule has 2 rings (SSSR count). The van der Waals surface area contributed by atoms with Crippen LogP contribution in [0.25, 0.3) is 0 Å². The zero-order valence-corrected chi connectivity index (χ0v) is 12.7. The molecule has 0 saturated carbocycles. The minimum atomic E-state index is 0. The molecule has 5 heteroatoms. The smallest absolute Gasteiger partial charge is 0.222 e. The number of rotatable bonds is 4. The third-order valence-corrected chi connectivity index (χ3v) is 4.30. The Morgan fingerprint density at radius 2 is 1.95 bits per heavy atom. The molecule has 2 fully saturated rings. The molecule has 0 aliphatic carbocycles. The maximum Gasteiger partial charge on any atom is 0.222 e. The van der Waals surface area contributed by atoms with Crippen LogP contribution in [0.1, 0.15) is 45.4 Å². The quantitative estimate of drug-likeness (QED) is 0.861. The van der Waals surface area contributed by atoms with Crippen LogP contribution in [0.2, 0.25) is 0 Å². The minimum Gasteiger partial charge on any atom is -0.375 e. The summed E-state index contributed by atoms with van der Waals surface area (Å²) in [4.78, 5) is 14.1. The molecule has 0 aromatic carbocycles. The van der Waals surface area contributed by atoms with Crippen molar-refractivity contribution in [2.45, 2.75) is 57.7 Å². The van der Waals surface area contributed by atoms with Crippen LogP contribution < -0.4 is 5.73 Å². The number of amides is 1. The van der Waals surface area contributed by atoms with Crippen LogP contribution in [0, 0.1) is 5.92 Å². The Bertz CT molecular complexity index is 281. The highest BCUT2D eigenvalue weighted by molar-refractivity contribution is 5.85. The van der Waals surface area contributed by atoms with E-state index in [0.29, 0.717) is 30.5 Å². The lowest BCUT2D eigenvalue weighted by atomic mass is 9.97. The summed E-state index contributed by atoms with van der Waals surface area (Å²) in [7, 11) is 0. The highest BCUT2D eigenvalue weighted by atomic mass is 35.5. The second kappa shape index (κ2) is 8.08. The average Bonchev–Trinajstić information content (AvgIpc) is 2.82. The highest BCUT2D eigenvalue weighted by Crippen LogP contribution is 2.23. The molecule has 2 atom stereocenters. The third-order valence-electron chi connectivity index (χ3n) is 4.30. The van der Waals surface area contributed by atoms with Gasteiger partial charge in [0.15, 0.2) is 0 Å². The van der Waals surface area contributed by atoms with Gasteiger partial charge < -0.3 is 15.4 Å². The molecular formula is C14H27ClN2O2. The number of nitrogens with zero attached hydrogens (tertiary/aromatic N) is 1. The molecular weight excluding hydrogens is 264 g/mol. The molecule has 112 valence electrons. The Morgan fingerprint density at radius 1 is 1.26 bits per heavy atom. The standard InChI is InChI=1S/C14H26N2O2.ClH/c1-11-2-3-13(18-11)4-5-14(17)16-8-6-12(10-15)7-9-16;/h11-13H,2-10,15H2,1H3;1H. The van der Waals surface area contributed by atoms with Crippen LogP contribution in [-0.4, -0.2) is 42.6 Å². The number of nitrogens with two attached hydrogens (primary N) is 1. The molecule has 0 aromatic rings. The molecule has 2 N–H and O–H groups in total. The summed E-state index contributed by atoms with van der Waals surface area (Å²) >= 11 is 0. The van der Waals surface area contributed by atoms with Crippen LogP contribution in [0.3, 0.4) is 0 Å². The number of ether oxygens (including phenoxy) is 1. The predicted molar refractivity (Wildman–Crippen MR) is 78.4 cm³/mol. The van der Waals surface area contributed by atoms with Gasteiger partial charge in [0.05, 0.1) is 12.2 Å². The lowest BCUT2D eigenvalue weighted by Crippen LogP contribution is -2.40. The second-order valence-corrected chi connectivity index (χ2v) is 5.74. The number of piperidine rings is 1. The fourth-order valence-corrected chi connectivity index (χ4v) is 2.96. The second-order valence-electron chi connectivity index (χ2n) is 5.74. The van der Waals surface area contributed by atoms with E-state index < -0.39 is 0 Å². The fraction of sp³-hybridized carbons (Fsp3) is 0.929. The van der Waals surface area contributed by atoms with Gasteiger partial charge in [-0.15, -0.1) is 12.4 Å². The molecule has 2 saturated heterocycles. The monoisotopic (exact) mass is 290 g/mol. The molecule has 0 radical (unpaired) electrons. The summed E-state index contributed by atoms with van der Waals surface area (Å²) in [6.45, 7) is 4.65. The Hall–Kier alpha value is -0.320. The summed E-state index contributed by atoms with van der Waals surface area (Å²) in [6, 6.07) is 0.